The number of nitrogens with zero attached hydrogens (tertiary/aromatic N) is 1. The van der Waals surface area contributed by atoms with Crippen molar-refractivity contribution < 1.29 is 9.32 Å². The number of hydrogen-bond acceptors (Lipinski definition) is 3. The number of hydrogen-bond donors (Lipinski definition) is 1. The van der Waals surface area contributed by atoms with Crippen molar-refractivity contribution in [3.63, 3.8) is 0 Å². The Balaban J connectivity index is 1.79. The fraction of sp³-hybridized carbons (Fsp3) is 0.474. The van der Waals surface area contributed by atoms with Gasteiger partial charge in [-0.1, -0.05) is 61.7 Å². The second-order valence-corrected chi connectivity index (χ2v) is 6.29. The molecule has 4 heteroatoms. The highest BCUT2D eigenvalue weighted by atomic mass is 16.5. The predicted molar refractivity (Wildman–Crippen MR) is 89.1 cm³/mol. The first-order chi connectivity index (χ1) is 11.3. The van der Waals surface area contributed by atoms with Gasteiger partial charge in [-0.25, -0.2) is 0 Å². The standard InChI is InChI=1S/C19H24N2O2/c1-2-16-13-17(21-23-16)19(22)20-18(14-9-5-3-6-10-14)15-11-7-4-8-12-15/h3,5-6,9-10,13,15,18H,2,4,7-8,11-12H2,1H3,(H,20,22). The number of aromatic nitrogens is 1. The van der Waals surface area contributed by atoms with E-state index in [0.717, 1.165) is 12.2 Å². The topological polar surface area (TPSA) is 55.1 Å². The van der Waals surface area contributed by atoms with Crippen LogP contribution in [0.25, 0.3) is 0 Å². The highest BCUT2D eigenvalue weighted by molar-refractivity contribution is 5.92. The van der Waals surface area contributed by atoms with E-state index in [1.165, 1.54) is 37.7 Å². The third-order valence-electron chi connectivity index (χ3n) is 4.71. The van der Waals surface area contributed by atoms with Crippen molar-refractivity contribution in [3.8, 4) is 0 Å². The maximum atomic E-state index is 12.6. The normalized spacial score (nSPS) is 16.9. The van der Waals surface area contributed by atoms with Crippen LogP contribution in [0.15, 0.2) is 40.9 Å². The molecule has 1 aromatic heterocycles. The van der Waals surface area contributed by atoms with Crippen LogP contribution in [-0.4, -0.2) is 11.1 Å². The van der Waals surface area contributed by atoms with Gasteiger partial charge in [-0.05, 0) is 24.3 Å². The highest BCUT2D eigenvalue weighted by Crippen LogP contribution is 2.34. The summed E-state index contributed by atoms with van der Waals surface area (Å²) in [7, 11) is 0. The molecule has 0 aliphatic heterocycles. The summed E-state index contributed by atoms with van der Waals surface area (Å²) in [6, 6.07) is 12.0. The molecule has 0 bridgehead atoms. The molecule has 3 rings (SSSR count). The molecule has 1 atom stereocenters. The van der Waals surface area contributed by atoms with Gasteiger partial charge in [-0.3, -0.25) is 4.79 Å². The molecule has 1 fully saturated rings. The lowest BCUT2D eigenvalue weighted by Gasteiger charge is -2.31. The summed E-state index contributed by atoms with van der Waals surface area (Å²) >= 11 is 0. The van der Waals surface area contributed by atoms with Crippen LogP contribution in [0.1, 0.15) is 66.9 Å². The molecule has 0 spiro atoms. The van der Waals surface area contributed by atoms with Gasteiger partial charge in [-0.2, -0.15) is 0 Å². The van der Waals surface area contributed by atoms with E-state index in [0.29, 0.717) is 11.6 Å². The first-order valence-corrected chi connectivity index (χ1v) is 8.59. The lowest BCUT2D eigenvalue weighted by molar-refractivity contribution is 0.0903. The van der Waals surface area contributed by atoms with E-state index in [4.69, 9.17) is 4.52 Å². The smallest absolute Gasteiger partial charge is 0.273 e. The number of benzene rings is 1. The lowest BCUT2D eigenvalue weighted by Crippen LogP contribution is -2.34. The Kier molecular flexibility index (Phi) is 5.11. The van der Waals surface area contributed by atoms with Crippen LogP contribution in [0.4, 0.5) is 0 Å². The van der Waals surface area contributed by atoms with Crippen molar-refractivity contribution in [1.82, 2.24) is 10.5 Å². The van der Waals surface area contributed by atoms with Crippen molar-refractivity contribution in [1.29, 1.82) is 0 Å². The Morgan fingerprint density at radius 3 is 2.65 bits per heavy atom. The minimum absolute atomic E-state index is 0.0470. The summed E-state index contributed by atoms with van der Waals surface area (Å²) < 4.78 is 5.16. The third kappa shape index (κ3) is 3.81. The van der Waals surface area contributed by atoms with Crippen LogP contribution in [0, 0.1) is 5.92 Å². The van der Waals surface area contributed by atoms with Crippen LogP contribution in [0.3, 0.4) is 0 Å². The van der Waals surface area contributed by atoms with E-state index >= 15 is 0 Å². The fourth-order valence-corrected chi connectivity index (χ4v) is 3.40. The molecular weight excluding hydrogens is 288 g/mol. The molecule has 1 aliphatic rings. The molecule has 23 heavy (non-hydrogen) atoms. The molecule has 122 valence electrons. The van der Waals surface area contributed by atoms with E-state index in [2.05, 4.69) is 22.6 Å². The van der Waals surface area contributed by atoms with Crippen molar-refractivity contribution in [2.45, 2.75) is 51.5 Å². The van der Waals surface area contributed by atoms with Crippen molar-refractivity contribution in [2.24, 2.45) is 5.92 Å². The average Bonchev–Trinajstić information content (AvgIpc) is 3.10. The number of rotatable bonds is 5. The van der Waals surface area contributed by atoms with Crippen LogP contribution < -0.4 is 5.32 Å². The number of aryl methyl sites for hydroxylation is 1. The molecule has 4 nitrogen and oxygen atoms in total. The average molecular weight is 312 g/mol. The SMILES string of the molecule is CCc1cc(C(=O)NC(c2ccccc2)C2CCCCC2)no1. The van der Waals surface area contributed by atoms with E-state index in [1.54, 1.807) is 6.07 Å². The van der Waals surface area contributed by atoms with Gasteiger partial charge in [0.25, 0.3) is 5.91 Å². The van der Waals surface area contributed by atoms with Gasteiger partial charge in [0.05, 0.1) is 6.04 Å². The summed E-state index contributed by atoms with van der Waals surface area (Å²) in [6.45, 7) is 1.98. The van der Waals surface area contributed by atoms with Gasteiger partial charge in [-0.15, -0.1) is 0 Å². The molecule has 0 radical (unpaired) electrons. The van der Waals surface area contributed by atoms with E-state index in [9.17, 15) is 4.79 Å². The Hall–Kier alpha value is -2.10. The fourth-order valence-electron chi connectivity index (χ4n) is 3.40. The first-order valence-electron chi connectivity index (χ1n) is 8.59. The molecule has 1 aliphatic carbocycles. The molecule has 0 saturated heterocycles. The Morgan fingerprint density at radius 2 is 2.00 bits per heavy atom. The van der Waals surface area contributed by atoms with Gasteiger partial charge >= 0.3 is 0 Å². The minimum Gasteiger partial charge on any atom is -0.361 e. The number of carbonyl (C=O) groups is 1. The number of amides is 1. The lowest BCUT2D eigenvalue weighted by atomic mass is 9.81. The molecule has 1 aromatic carbocycles. The second-order valence-electron chi connectivity index (χ2n) is 6.29. The van der Waals surface area contributed by atoms with Crippen molar-refractivity contribution in [3.05, 3.63) is 53.4 Å². The van der Waals surface area contributed by atoms with E-state index in [-0.39, 0.29) is 11.9 Å². The monoisotopic (exact) mass is 312 g/mol. The molecule has 1 N–H and O–H groups in total. The third-order valence-corrected chi connectivity index (χ3v) is 4.71. The van der Waals surface area contributed by atoms with Gasteiger partial charge in [0, 0.05) is 12.5 Å². The Labute approximate surface area is 137 Å². The maximum absolute atomic E-state index is 12.6. The van der Waals surface area contributed by atoms with Crippen LogP contribution >= 0.6 is 0 Å². The second kappa shape index (κ2) is 7.44. The van der Waals surface area contributed by atoms with Gasteiger partial charge in [0.15, 0.2) is 5.69 Å². The minimum atomic E-state index is -0.145. The van der Waals surface area contributed by atoms with Crippen molar-refractivity contribution >= 4 is 5.91 Å². The zero-order valence-electron chi connectivity index (χ0n) is 13.6. The summed E-state index contributed by atoms with van der Waals surface area (Å²) in [4.78, 5) is 12.6. The molecule has 1 amide bonds. The summed E-state index contributed by atoms with van der Waals surface area (Å²) in [5.41, 5.74) is 1.55. The van der Waals surface area contributed by atoms with E-state index < -0.39 is 0 Å². The van der Waals surface area contributed by atoms with Crippen LogP contribution in [0.2, 0.25) is 0 Å². The summed E-state index contributed by atoms with van der Waals surface area (Å²) in [6.07, 6.45) is 6.86. The summed E-state index contributed by atoms with van der Waals surface area (Å²) in [5, 5.41) is 7.09. The number of nitrogens with one attached hydrogen (secondary N) is 1. The van der Waals surface area contributed by atoms with Crippen molar-refractivity contribution in [2.75, 3.05) is 0 Å². The summed E-state index contributed by atoms with van der Waals surface area (Å²) in [5.74, 6) is 1.09. The maximum Gasteiger partial charge on any atom is 0.273 e. The quantitative estimate of drug-likeness (QED) is 0.896. The Morgan fingerprint density at radius 1 is 1.26 bits per heavy atom. The molecule has 1 heterocycles. The Bertz CT molecular complexity index is 630. The zero-order valence-corrected chi connectivity index (χ0v) is 13.6. The number of carbonyl (C=O) groups excluding carboxylic acids is 1. The van der Waals surface area contributed by atoms with E-state index in [1.807, 2.05) is 25.1 Å². The highest BCUT2D eigenvalue weighted by Gasteiger charge is 2.27. The van der Waals surface area contributed by atoms with Crippen LogP contribution in [0.5, 0.6) is 0 Å². The molecule has 2 aromatic rings. The van der Waals surface area contributed by atoms with Crippen LogP contribution in [-0.2, 0) is 6.42 Å². The van der Waals surface area contributed by atoms with Gasteiger partial charge < -0.3 is 9.84 Å². The predicted octanol–water partition coefficient (Wildman–Crippen LogP) is 4.29. The largest absolute Gasteiger partial charge is 0.361 e. The molecular formula is C19H24N2O2. The first kappa shape index (κ1) is 15.8. The van der Waals surface area contributed by atoms with Gasteiger partial charge in [0.2, 0.25) is 0 Å². The molecule has 1 unspecified atom stereocenters. The zero-order chi connectivity index (χ0) is 16.1. The molecule has 1 saturated carbocycles. The van der Waals surface area contributed by atoms with Gasteiger partial charge in [0.1, 0.15) is 5.76 Å².